The normalized spacial score (nSPS) is 16.2. The van der Waals surface area contributed by atoms with E-state index in [2.05, 4.69) is 9.97 Å². The molecule has 28 heavy (non-hydrogen) atoms. The molecular formula is C17H25N5O4S2. The standard InChI is InChI=1S/C17H25N5O4S2/c1-3-5-20(11-14-18-13-4-10-27-16(13)17(24)19-14)12-15(23)21-6-8-22(9-7-21)28(2,25)26/h4,10H,3,5-9,11-12H2,1-2H3,(H,18,19,24). The minimum absolute atomic E-state index is 0.0411. The Morgan fingerprint density at radius 2 is 2.04 bits per heavy atom. The van der Waals surface area contributed by atoms with Gasteiger partial charge in [-0.3, -0.25) is 14.5 Å². The maximum absolute atomic E-state index is 12.7. The van der Waals surface area contributed by atoms with Crippen molar-refractivity contribution in [3.05, 3.63) is 27.6 Å². The number of rotatable bonds is 7. The summed E-state index contributed by atoms with van der Waals surface area (Å²) in [6.07, 6.45) is 2.05. The van der Waals surface area contributed by atoms with Gasteiger partial charge in [-0.05, 0) is 24.4 Å². The van der Waals surface area contributed by atoms with Crippen LogP contribution in [-0.2, 0) is 21.4 Å². The molecule has 1 amide bonds. The predicted octanol–water partition coefficient (Wildman–Crippen LogP) is 0.300. The highest BCUT2D eigenvalue weighted by Gasteiger charge is 2.26. The highest BCUT2D eigenvalue weighted by atomic mass is 32.2. The van der Waals surface area contributed by atoms with Gasteiger partial charge in [0.25, 0.3) is 5.56 Å². The molecule has 0 saturated carbocycles. The van der Waals surface area contributed by atoms with E-state index in [0.717, 1.165) is 6.42 Å². The number of carbonyl (C=O) groups excluding carboxylic acids is 1. The van der Waals surface area contributed by atoms with Crippen LogP contribution in [0.15, 0.2) is 16.2 Å². The number of aromatic amines is 1. The van der Waals surface area contributed by atoms with Gasteiger partial charge in [0.2, 0.25) is 15.9 Å². The summed E-state index contributed by atoms with van der Waals surface area (Å²) >= 11 is 1.36. The van der Waals surface area contributed by atoms with Crippen LogP contribution < -0.4 is 5.56 Å². The summed E-state index contributed by atoms with van der Waals surface area (Å²) in [5.74, 6) is 0.500. The molecule has 3 heterocycles. The predicted molar refractivity (Wildman–Crippen MR) is 109 cm³/mol. The van der Waals surface area contributed by atoms with Crippen LogP contribution in [0.5, 0.6) is 0 Å². The van der Waals surface area contributed by atoms with Gasteiger partial charge in [-0.2, -0.15) is 4.31 Å². The second-order valence-electron chi connectivity index (χ2n) is 6.90. The van der Waals surface area contributed by atoms with Crippen LogP contribution in [0, 0.1) is 0 Å². The number of thiophene rings is 1. The van der Waals surface area contributed by atoms with E-state index in [1.807, 2.05) is 23.3 Å². The van der Waals surface area contributed by atoms with Crippen molar-refractivity contribution in [3.8, 4) is 0 Å². The number of piperazine rings is 1. The van der Waals surface area contributed by atoms with Gasteiger partial charge >= 0.3 is 0 Å². The summed E-state index contributed by atoms with van der Waals surface area (Å²) in [6.45, 7) is 4.73. The van der Waals surface area contributed by atoms with Gasteiger partial charge in [0.15, 0.2) is 0 Å². The van der Waals surface area contributed by atoms with Gasteiger partial charge in [0.05, 0.1) is 24.9 Å². The molecule has 0 atom stereocenters. The van der Waals surface area contributed by atoms with Crippen molar-refractivity contribution in [2.45, 2.75) is 19.9 Å². The van der Waals surface area contributed by atoms with Gasteiger partial charge in [0, 0.05) is 26.2 Å². The van der Waals surface area contributed by atoms with Crippen molar-refractivity contribution in [2.75, 3.05) is 45.5 Å². The number of hydrogen-bond donors (Lipinski definition) is 1. The van der Waals surface area contributed by atoms with Gasteiger partial charge in [-0.1, -0.05) is 6.92 Å². The maximum Gasteiger partial charge on any atom is 0.268 e. The number of H-pyrrole nitrogens is 1. The van der Waals surface area contributed by atoms with Crippen molar-refractivity contribution in [1.82, 2.24) is 24.1 Å². The van der Waals surface area contributed by atoms with Crippen LogP contribution in [0.3, 0.4) is 0 Å². The summed E-state index contributed by atoms with van der Waals surface area (Å²) in [7, 11) is -3.22. The SMILES string of the molecule is CCCN(CC(=O)N1CCN(S(C)(=O)=O)CC1)Cc1nc2ccsc2c(=O)[nH]1. The Labute approximate surface area is 168 Å². The van der Waals surface area contributed by atoms with Crippen molar-refractivity contribution < 1.29 is 13.2 Å². The Balaban J connectivity index is 1.64. The molecule has 0 spiro atoms. The average molecular weight is 428 g/mol. The van der Waals surface area contributed by atoms with Crippen molar-refractivity contribution in [2.24, 2.45) is 0 Å². The molecule has 0 aromatic carbocycles. The lowest BCUT2D eigenvalue weighted by atomic mass is 10.3. The summed E-state index contributed by atoms with van der Waals surface area (Å²) < 4.78 is 25.2. The third-order valence-electron chi connectivity index (χ3n) is 4.70. The first-order valence-electron chi connectivity index (χ1n) is 9.19. The Hall–Kier alpha value is -1.82. The maximum atomic E-state index is 12.7. The van der Waals surface area contributed by atoms with Crippen LogP contribution in [0.25, 0.3) is 10.2 Å². The van der Waals surface area contributed by atoms with Gasteiger partial charge in [0.1, 0.15) is 10.5 Å². The van der Waals surface area contributed by atoms with Crippen LogP contribution in [0.1, 0.15) is 19.2 Å². The lowest BCUT2D eigenvalue weighted by Gasteiger charge is -2.34. The summed E-state index contributed by atoms with van der Waals surface area (Å²) in [5, 5.41) is 1.83. The first-order valence-corrected chi connectivity index (χ1v) is 11.9. The summed E-state index contributed by atoms with van der Waals surface area (Å²) in [6, 6.07) is 1.81. The second kappa shape index (κ2) is 8.68. The zero-order valence-electron chi connectivity index (χ0n) is 16.0. The molecule has 2 aromatic heterocycles. The molecule has 1 saturated heterocycles. The van der Waals surface area contributed by atoms with Crippen LogP contribution in [0.2, 0.25) is 0 Å². The average Bonchev–Trinajstić information content (AvgIpc) is 3.10. The van der Waals surface area contributed by atoms with E-state index in [1.165, 1.54) is 21.9 Å². The number of hydrogen-bond acceptors (Lipinski definition) is 7. The lowest BCUT2D eigenvalue weighted by molar-refractivity contribution is -0.133. The highest BCUT2D eigenvalue weighted by molar-refractivity contribution is 7.88. The first-order chi connectivity index (χ1) is 13.3. The molecule has 2 aromatic rings. The number of carbonyl (C=O) groups is 1. The minimum atomic E-state index is -3.22. The third kappa shape index (κ3) is 4.96. The smallest absolute Gasteiger partial charge is 0.268 e. The molecule has 1 fully saturated rings. The Morgan fingerprint density at radius 1 is 1.32 bits per heavy atom. The van der Waals surface area contributed by atoms with E-state index in [4.69, 9.17) is 0 Å². The minimum Gasteiger partial charge on any atom is -0.339 e. The fraction of sp³-hybridized carbons (Fsp3) is 0.588. The molecule has 9 nitrogen and oxygen atoms in total. The van der Waals surface area contributed by atoms with E-state index in [1.54, 1.807) is 4.90 Å². The van der Waals surface area contributed by atoms with Gasteiger partial charge in [-0.15, -0.1) is 11.3 Å². The van der Waals surface area contributed by atoms with Gasteiger partial charge in [-0.25, -0.2) is 13.4 Å². The number of sulfonamides is 1. The van der Waals surface area contributed by atoms with Gasteiger partial charge < -0.3 is 9.88 Å². The molecular weight excluding hydrogens is 402 g/mol. The van der Waals surface area contributed by atoms with Crippen molar-refractivity contribution >= 4 is 37.5 Å². The van der Waals surface area contributed by atoms with Crippen LogP contribution >= 0.6 is 11.3 Å². The molecule has 154 valence electrons. The van der Waals surface area contributed by atoms with E-state index in [0.29, 0.717) is 55.3 Å². The quantitative estimate of drug-likeness (QED) is 0.681. The molecule has 0 unspecified atom stereocenters. The molecule has 0 radical (unpaired) electrons. The summed E-state index contributed by atoms with van der Waals surface area (Å²) in [5.41, 5.74) is 0.512. The number of nitrogens with one attached hydrogen (secondary N) is 1. The van der Waals surface area contributed by atoms with E-state index >= 15 is 0 Å². The number of aromatic nitrogens is 2. The lowest BCUT2D eigenvalue weighted by Crippen LogP contribution is -2.52. The zero-order valence-corrected chi connectivity index (χ0v) is 17.7. The van der Waals surface area contributed by atoms with Crippen molar-refractivity contribution in [1.29, 1.82) is 0 Å². The van der Waals surface area contributed by atoms with E-state index < -0.39 is 10.0 Å². The van der Waals surface area contributed by atoms with Crippen LogP contribution in [-0.4, -0.2) is 83.9 Å². The molecule has 0 aliphatic carbocycles. The molecule has 3 rings (SSSR count). The largest absolute Gasteiger partial charge is 0.339 e. The molecule has 11 heteroatoms. The number of amides is 1. The summed E-state index contributed by atoms with van der Waals surface area (Å²) in [4.78, 5) is 35.8. The molecule has 1 N–H and O–H groups in total. The Kier molecular flexibility index (Phi) is 6.48. The number of nitrogens with zero attached hydrogens (tertiary/aromatic N) is 4. The number of fused-ring (bicyclic) bond motifs is 1. The molecule has 1 aliphatic rings. The molecule has 0 bridgehead atoms. The first kappa shape index (κ1) is 20.9. The Bertz CT molecular complexity index is 992. The molecule has 1 aliphatic heterocycles. The third-order valence-corrected chi connectivity index (χ3v) is 6.90. The highest BCUT2D eigenvalue weighted by Crippen LogP contribution is 2.14. The fourth-order valence-corrected chi connectivity index (χ4v) is 4.85. The fourth-order valence-electron chi connectivity index (χ4n) is 3.30. The van der Waals surface area contributed by atoms with E-state index in [9.17, 15) is 18.0 Å². The van der Waals surface area contributed by atoms with Crippen LogP contribution in [0.4, 0.5) is 0 Å². The second-order valence-corrected chi connectivity index (χ2v) is 9.80. The van der Waals surface area contributed by atoms with E-state index in [-0.39, 0.29) is 18.0 Å². The Morgan fingerprint density at radius 3 is 2.68 bits per heavy atom. The zero-order chi connectivity index (χ0) is 20.3. The monoisotopic (exact) mass is 427 g/mol. The van der Waals surface area contributed by atoms with Crippen molar-refractivity contribution in [3.63, 3.8) is 0 Å². The topological polar surface area (TPSA) is 107 Å².